The van der Waals surface area contributed by atoms with Crippen molar-refractivity contribution in [3.63, 3.8) is 0 Å². The number of aliphatic hydroxyl groups is 1. The van der Waals surface area contributed by atoms with Crippen LogP contribution in [0, 0.1) is 16.7 Å². The number of aliphatic hydroxyl groups excluding tert-OH is 1. The van der Waals surface area contributed by atoms with Crippen LogP contribution in [0.5, 0.6) is 0 Å². The molecule has 2 aliphatic rings. The number of hydrogen-bond acceptors (Lipinski definition) is 1. The first-order valence-electron chi connectivity index (χ1n) is 8.03. The Morgan fingerprint density at radius 3 is 2.57 bits per heavy atom. The second kappa shape index (κ2) is 5.73. The predicted molar refractivity (Wildman–Crippen MR) is 91.2 cm³/mol. The molecule has 0 aliphatic heterocycles. The van der Waals surface area contributed by atoms with Crippen molar-refractivity contribution in [3.05, 3.63) is 43.0 Å². The molecule has 0 amide bonds. The Hall–Kier alpha value is -0.290. The quantitative estimate of drug-likeness (QED) is 0.591. The van der Waals surface area contributed by atoms with Crippen LogP contribution in [0.25, 0.3) is 0 Å². The summed E-state index contributed by atoms with van der Waals surface area (Å²) in [6.45, 7) is 8.82. The van der Waals surface area contributed by atoms with E-state index in [2.05, 4.69) is 56.8 Å². The summed E-state index contributed by atoms with van der Waals surface area (Å²) in [5.74, 6) is 0.729. The Labute approximate surface area is 136 Å². The zero-order valence-corrected chi connectivity index (χ0v) is 15.5. The molecule has 114 valence electrons. The van der Waals surface area contributed by atoms with Gasteiger partial charge in [0.15, 0.2) is 0 Å². The van der Waals surface area contributed by atoms with Gasteiger partial charge in [0.1, 0.15) is 0 Å². The molecule has 2 heteroatoms. The van der Waals surface area contributed by atoms with Crippen molar-refractivity contribution >= 4 is 23.2 Å². The second-order valence-corrected chi connectivity index (χ2v) is 13.2. The first kappa shape index (κ1) is 15.6. The van der Waals surface area contributed by atoms with Gasteiger partial charge in [-0.05, 0) is 0 Å². The summed E-state index contributed by atoms with van der Waals surface area (Å²) in [6, 6.07) is 11.0. The Balaban J connectivity index is 1.90. The van der Waals surface area contributed by atoms with Gasteiger partial charge in [0.05, 0.1) is 0 Å². The van der Waals surface area contributed by atoms with Gasteiger partial charge in [-0.15, -0.1) is 0 Å². The van der Waals surface area contributed by atoms with E-state index in [4.69, 9.17) is 0 Å². The van der Waals surface area contributed by atoms with E-state index in [-0.39, 0.29) is 11.5 Å². The van der Waals surface area contributed by atoms with Crippen molar-refractivity contribution in [2.75, 3.05) is 0 Å². The van der Waals surface area contributed by atoms with Gasteiger partial charge in [-0.2, -0.15) is 0 Å². The van der Waals surface area contributed by atoms with Gasteiger partial charge in [0.25, 0.3) is 0 Å². The summed E-state index contributed by atoms with van der Waals surface area (Å²) in [5, 5.41) is 10.8. The van der Waals surface area contributed by atoms with Gasteiger partial charge < -0.3 is 0 Å². The average Bonchev–Trinajstić information content (AvgIpc) is 2.82. The normalized spacial score (nSPS) is 33.5. The van der Waals surface area contributed by atoms with E-state index in [0.717, 1.165) is 12.3 Å². The zero-order chi connectivity index (χ0) is 15.1. The predicted octanol–water partition coefficient (Wildman–Crippen LogP) is 3.76. The SMILES string of the molecule is C=CC[Te+](C[C@]12CC[C@H](C[C@H]1O)C2(C)C)c1ccccc1. The number of fused-ring (bicyclic) bond motifs is 2. The summed E-state index contributed by atoms with van der Waals surface area (Å²) in [5.41, 5.74) is 0.481. The fourth-order valence-electron chi connectivity index (χ4n) is 4.68. The second-order valence-electron chi connectivity index (χ2n) is 7.27. The van der Waals surface area contributed by atoms with Gasteiger partial charge in [-0.1, -0.05) is 0 Å². The summed E-state index contributed by atoms with van der Waals surface area (Å²) in [7, 11) is 0. The van der Waals surface area contributed by atoms with Crippen molar-refractivity contribution in [2.45, 2.75) is 48.2 Å². The molecule has 0 aromatic heterocycles. The fraction of sp³-hybridized carbons (Fsp3) is 0.579. The van der Waals surface area contributed by atoms with Crippen LogP contribution in [-0.2, 0) is 0 Å². The van der Waals surface area contributed by atoms with Crippen LogP contribution in [0.3, 0.4) is 0 Å². The molecule has 1 N–H and O–H groups in total. The first-order chi connectivity index (χ1) is 10.0. The van der Waals surface area contributed by atoms with Crippen molar-refractivity contribution in [1.29, 1.82) is 0 Å². The molecule has 0 saturated heterocycles. The minimum atomic E-state index is -1.46. The third kappa shape index (κ3) is 2.40. The van der Waals surface area contributed by atoms with Crippen LogP contribution >= 0.6 is 0 Å². The Bertz CT molecular complexity index is 510. The molecule has 2 aliphatic carbocycles. The molecule has 2 saturated carbocycles. The third-order valence-corrected chi connectivity index (χ3v) is 13.2. The van der Waals surface area contributed by atoms with Crippen LogP contribution in [0.1, 0.15) is 33.1 Å². The van der Waals surface area contributed by atoms with E-state index < -0.39 is 19.6 Å². The van der Waals surface area contributed by atoms with E-state index in [1.165, 1.54) is 21.8 Å². The number of hydrogen-bond donors (Lipinski definition) is 1. The topological polar surface area (TPSA) is 20.2 Å². The molecule has 0 radical (unpaired) electrons. The standard InChI is InChI=1S/C19H27OTe/c1-4-12-21(16-8-6-5-7-9-16)14-19-11-10-15(13-17(19)20)18(19,2)3/h4-9,15,17,20H,1,10-14H2,2-3H3/q+1/t15-,17-,19-/m1/s1. The Morgan fingerprint density at radius 2 is 2.05 bits per heavy atom. The number of allylic oxidation sites excluding steroid dienone is 1. The maximum absolute atomic E-state index is 10.8. The molecule has 3 atom stereocenters. The van der Waals surface area contributed by atoms with E-state index >= 15 is 0 Å². The van der Waals surface area contributed by atoms with Gasteiger partial charge in [-0.25, -0.2) is 0 Å². The fourth-order valence-corrected chi connectivity index (χ4v) is 12.2. The van der Waals surface area contributed by atoms with Crippen molar-refractivity contribution in [2.24, 2.45) is 16.7 Å². The monoisotopic (exact) mass is 401 g/mol. The molecule has 1 aromatic rings. The van der Waals surface area contributed by atoms with Gasteiger partial charge in [-0.3, -0.25) is 0 Å². The molecule has 21 heavy (non-hydrogen) atoms. The molecule has 1 nitrogen and oxygen atoms in total. The van der Waals surface area contributed by atoms with Gasteiger partial charge >= 0.3 is 136 Å². The van der Waals surface area contributed by atoms with Crippen molar-refractivity contribution in [3.8, 4) is 0 Å². The molecule has 0 heterocycles. The molecular weight excluding hydrogens is 372 g/mol. The van der Waals surface area contributed by atoms with E-state index in [1.807, 2.05) is 0 Å². The number of benzene rings is 1. The van der Waals surface area contributed by atoms with Crippen LogP contribution in [0.4, 0.5) is 0 Å². The molecular formula is C19H27OTe+. The van der Waals surface area contributed by atoms with Gasteiger partial charge in [0.2, 0.25) is 0 Å². The summed E-state index contributed by atoms with van der Waals surface area (Å²) >= 11 is -1.46. The molecule has 0 spiro atoms. The van der Waals surface area contributed by atoms with Gasteiger partial charge in [0, 0.05) is 0 Å². The Morgan fingerprint density at radius 1 is 1.33 bits per heavy atom. The Kier molecular flexibility index (Phi) is 4.25. The van der Waals surface area contributed by atoms with E-state index in [1.54, 1.807) is 3.61 Å². The zero-order valence-electron chi connectivity index (χ0n) is 13.2. The summed E-state index contributed by atoms with van der Waals surface area (Å²) in [6.07, 6.45) is 5.61. The van der Waals surface area contributed by atoms with Crippen LogP contribution < -0.4 is 3.61 Å². The molecule has 3 rings (SSSR count). The van der Waals surface area contributed by atoms with Crippen LogP contribution in [0.15, 0.2) is 43.0 Å². The van der Waals surface area contributed by atoms with Crippen LogP contribution in [-0.4, -0.2) is 30.8 Å². The van der Waals surface area contributed by atoms with Crippen molar-refractivity contribution in [1.82, 2.24) is 0 Å². The van der Waals surface area contributed by atoms with Crippen molar-refractivity contribution < 1.29 is 5.11 Å². The summed E-state index contributed by atoms with van der Waals surface area (Å²) < 4.78 is 3.99. The summed E-state index contributed by atoms with van der Waals surface area (Å²) in [4.78, 5) is 0. The van der Waals surface area contributed by atoms with E-state index in [0.29, 0.717) is 5.41 Å². The van der Waals surface area contributed by atoms with Crippen LogP contribution in [0.2, 0.25) is 8.94 Å². The average molecular weight is 399 g/mol. The minimum absolute atomic E-state index is 0.0804. The number of rotatable bonds is 5. The molecule has 1 aromatic carbocycles. The maximum atomic E-state index is 10.8. The molecule has 2 bridgehead atoms. The molecule has 0 unspecified atom stereocenters. The first-order valence-corrected chi connectivity index (χ1v) is 12.5. The van der Waals surface area contributed by atoms with E-state index in [9.17, 15) is 5.11 Å². The third-order valence-electron chi connectivity index (χ3n) is 6.22. The molecule has 2 fully saturated rings.